The molecule has 2 aromatic heterocycles. The van der Waals surface area contributed by atoms with Gasteiger partial charge in [0.2, 0.25) is 0 Å². The Morgan fingerprint density at radius 3 is 3.06 bits per heavy atom. The first kappa shape index (κ1) is 11.1. The first-order valence-electron chi connectivity index (χ1n) is 5.14. The van der Waals surface area contributed by atoms with Gasteiger partial charge in [-0.15, -0.1) is 0 Å². The van der Waals surface area contributed by atoms with Crippen molar-refractivity contribution in [1.82, 2.24) is 4.98 Å². The molecular weight excluding hydrogens is 223 g/mol. The Labute approximate surface area is 98.2 Å². The lowest BCUT2D eigenvalue weighted by Gasteiger charge is -2.13. The Kier molecular flexibility index (Phi) is 3.51. The monoisotopic (exact) mass is 236 g/mol. The molecule has 0 saturated carbocycles. The summed E-state index contributed by atoms with van der Waals surface area (Å²) in [6.45, 7) is 2.02. The third kappa shape index (κ3) is 2.79. The van der Waals surface area contributed by atoms with Crippen molar-refractivity contribution in [3.05, 3.63) is 46.5 Å². The van der Waals surface area contributed by atoms with E-state index in [1.807, 2.05) is 12.3 Å². The second-order valence-corrected chi connectivity index (χ2v) is 4.49. The van der Waals surface area contributed by atoms with Crippen LogP contribution in [0, 0.1) is 5.82 Å². The van der Waals surface area contributed by atoms with Crippen LogP contribution in [-0.2, 0) is 6.42 Å². The Morgan fingerprint density at radius 1 is 1.50 bits per heavy atom. The van der Waals surface area contributed by atoms with Gasteiger partial charge in [0.25, 0.3) is 0 Å². The SMILES string of the molecule is CC(Cc1ccsc1)Nc1ncccc1F. The molecule has 16 heavy (non-hydrogen) atoms. The van der Waals surface area contributed by atoms with Crippen molar-refractivity contribution in [2.75, 3.05) is 5.32 Å². The summed E-state index contributed by atoms with van der Waals surface area (Å²) in [5.41, 5.74) is 1.27. The van der Waals surface area contributed by atoms with Crippen molar-refractivity contribution in [2.45, 2.75) is 19.4 Å². The molecular formula is C12H13FN2S. The number of hydrogen-bond donors (Lipinski definition) is 1. The average molecular weight is 236 g/mol. The van der Waals surface area contributed by atoms with Crippen molar-refractivity contribution in [1.29, 1.82) is 0 Å². The summed E-state index contributed by atoms with van der Waals surface area (Å²) in [6, 6.07) is 5.24. The van der Waals surface area contributed by atoms with Crippen LogP contribution in [0.5, 0.6) is 0 Å². The number of halogens is 1. The van der Waals surface area contributed by atoms with Crippen LogP contribution >= 0.6 is 11.3 Å². The number of rotatable bonds is 4. The van der Waals surface area contributed by atoms with Gasteiger partial charge in [-0.2, -0.15) is 11.3 Å². The quantitative estimate of drug-likeness (QED) is 0.880. The van der Waals surface area contributed by atoms with Gasteiger partial charge in [0.1, 0.15) is 0 Å². The highest BCUT2D eigenvalue weighted by atomic mass is 32.1. The number of thiophene rings is 1. The van der Waals surface area contributed by atoms with Crippen molar-refractivity contribution in [3.8, 4) is 0 Å². The number of nitrogens with zero attached hydrogens (tertiary/aromatic N) is 1. The van der Waals surface area contributed by atoms with Gasteiger partial charge < -0.3 is 5.32 Å². The van der Waals surface area contributed by atoms with Crippen LogP contribution in [-0.4, -0.2) is 11.0 Å². The van der Waals surface area contributed by atoms with E-state index in [-0.39, 0.29) is 11.9 Å². The van der Waals surface area contributed by atoms with Crippen molar-refractivity contribution in [2.24, 2.45) is 0 Å². The van der Waals surface area contributed by atoms with Crippen LogP contribution in [0.4, 0.5) is 10.2 Å². The van der Waals surface area contributed by atoms with Crippen molar-refractivity contribution >= 4 is 17.2 Å². The fraction of sp³-hybridized carbons (Fsp3) is 0.250. The van der Waals surface area contributed by atoms with E-state index in [2.05, 4.69) is 21.7 Å². The summed E-state index contributed by atoms with van der Waals surface area (Å²) < 4.78 is 13.3. The van der Waals surface area contributed by atoms with E-state index < -0.39 is 0 Å². The molecule has 0 fully saturated rings. The number of nitrogens with one attached hydrogen (secondary N) is 1. The highest BCUT2D eigenvalue weighted by Gasteiger charge is 2.07. The fourth-order valence-electron chi connectivity index (χ4n) is 1.54. The van der Waals surface area contributed by atoms with E-state index >= 15 is 0 Å². The average Bonchev–Trinajstić information content (AvgIpc) is 2.74. The fourth-order valence-corrected chi connectivity index (χ4v) is 2.22. The summed E-state index contributed by atoms with van der Waals surface area (Å²) in [5, 5.41) is 7.22. The van der Waals surface area contributed by atoms with Crippen LogP contribution in [0.2, 0.25) is 0 Å². The molecule has 0 radical (unpaired) electrons. The maximum atomic E-state index is 13.3. The van der Waals surface area contributed by atoms with Gasteiger partial charge in [0.15, 0.2) is 11.6 Å². The topological polar surface area (TPSA) is 24.9 Å². The second-order valence-electron chi connectivity index (χ2n) is 3.71. The summed E-state index contributed by atoms with van der Waals surface area (Å²) >= 11 is 1.67. The molecule has 1 N–H and O–H groups in total. The molecule has 2 nitrogen and oxygen atoms in total. The summed E-state index contributed by atoms with van der Waals surface area (Å²) in [6.07, 6.45) is 2.46. The number of hydrogen-bond acceptors (Lipinski definition) is 3. The highest BCUT2D eigenvalue weighted by molar-refractivity contribution is 7.07. The maximum absolute atomic E-state index is 13.3. The van der Waals surface area contributed by atoms with Gasteiger partial charge in [-0.3, -0.25) is 0 Å². The Morgan fingerprint density at radius 2 is 2.38 bits per heavy atom. The molecule has 0 amide bonds. The minimum Gasteiger partial charge on any atom is -0.365 e. The van der Waals surface area contributed by atoms with Gasteiger partial charge in [-0.25, -0.2) is 9.37 Å². The molecule has 4 heteroatoms. The van der Waals surface area contributed by atoms with Crippen LogP contribution < -0.4 is 5.32 Å². The van der Waals surface area contributed by atoms with Gasteiger partial charge in [0.05, 0.1) is 0 Å². The minimum atomic E-state index is -0.306. The lowest BCUT2D eigenvalue weighted by molar-refractivity contribution is 0.619. The highest BCUT2D eigenvalue weighted by Crippen LogP contribution is 2.13. The third-order valence-corrected chi connectivity index (χ3v) is 3.00. The predicted octanol–water partition coefficient (Wildman–Crippen LogP) is 3.33. The molecule has 1 atom stereocenters. The lowest BCUT2D eigenvalue weighted by Crippen LogP contribution is -2.19. The molecule has 1 unspecified atom stereocenters. The van der Waals surface area contributed by atoms with E-state index in [1.54, 1.807) is 23.6 Å². The zero-order valence-corrected chi connectivity index (χ0v) is 9.80. The zero-order chi connectivity index (χ0) is 11.4. The molecule has 0 aliphatic rings. The van der Waals surface area contributed by atoms with Crippen molar-refractivity contribution in [3.63, 3.8) is 0 Å². The Bertz CT molecular complexity index is 442. The summed E-state index contributed by atoms with van der Waals surface area (Å²) in [7, 11) is 0. The molecule has 0 aliphatic heterocycles. The van der Waals surface area contributed by atoms with E-state index in [9.17, 15) is 4.39 Å². The first-order valence-corrected chi connectivity index (χ1v) is 6.08. The van der Waals surface area contributed by atoms with Crippen LogP contribution in [0.3, 0.4) is 0 Å². The second kappa shape index (κ2) is 5.07. The van der Waals surface area contributed by atoms with E-state index in [0.29, 0.717) is 5.82 Å². The molecule has 0 aliphatic carbocycles. The zero-order valence-electron chi connectivity index (χ0n) is 8.98. The molecule has 84 valence electrons. The standard InChI is InChI=1S/C12H13FN2S/c1-9(7-10-4-6-16-8-10)15-12-11(13)3-2-5-14-12/h2-6,8-9H,7H2,1H3,(H,14,15). The first-order chi connectivity index (χ1) is 7.75. The summed E-state index contributed by atoms with van der Waals surface area (Å²) in [5.74, 6) is 0.0184. The van der Waals surface area contributed by atoms with E-state index in [0.717, 1.165) is 6.42 Å². The van der Waals surface area contributed by atoms with Gasteiger partial charge in [-0.1, -0.05) is 0 Å². The maximum Gasteiger partial charge on any atom is 0.165 e. The Hall–Kier alpha value is -1.42. The molecule has 0 saturated heterocycles. The minimum absolute atomic E-state index is 0.166. The van der Waals surface area contributed by atoms with Crippen molar-refractivity contribution < 1.29 is 4.39 Å². The number of pyridine rings is 1. The smallest absolute Gasteiger partial charge is 0.165 e. The van der Waals surface area contributed by atoms with Gasteiger partial charge in [-0.05, 0) is 47.9 Å². The largest absolute Gasteiger partial charge is 0.365 e. The molecule has 0 bridgehead atoms. The molecule has 2 rings (SSSR count). The van der Waals surface area contributed by atoms with Crippen LogP contribution in [0.1, 0.15) is 12.5 Å². The lowest BCUT2D eigenvalue weighted by atomic mass is 10.1. The molecule has 2 heterocycles. The molecule has 0 aromatic carbocycles. The number of anilines is 1. The predicted molar refractivity (Wildman–Crippen MR) is 65.3 cm³/mol. The third-order valence-electron chi connectivity index (χ3n) is 2.26. The Balaban J connectivity index is 1.97. The van der Waals surface area contributed by atoms with Crippen LogP contribution in [0.15, 0.2) is 35.2 Å². The normalized spacial score (nSPS) is 12.4. The van der Waals surface area contributed by atoms with Gasteiger partial charge in [0, 0.05) is 12.2 Å². The van der Waals surface area contributed by atoms with E-state index in [1.165, 1.54) is 11.6 Å². The van der Waals surface area contributed by atoms with E-state index in [4.69, 9.17) is 0 Å². The molecule has 0 spiro atoms. The summed E-state index contributed by atoms with van der Waals surface area (Å²) in [4.78, 5) is 3.96. The number of aromatic nitrogens is 1. The van der Waals surface area contributed by atoms with Crippen LogP contribution in [0.25, 0.3) is 0 Å². The van der Waals surface area contributed by atoms with Gasteiger partial charge >= 0.3 is 0 Å². The molecule has 2 aromatic rings.